The monoisotopic (exact) mass is 570 g/mol. The van der Waals surface area contributed by atoms with E-state index in [0.29, 0.717) is 0 Å². The second-order valence-electron chi connectivity index (χ2n) is 12.0. The van der Waals surface area contributed by atoms with E-state index < -0.39 is 0 Å². The molecule has 0 N–H and O–H groups in total. The highest BCUT2D eigenvalue weighted by Gasteiger charge is 2.21. The molecule has 9 aromatic carbocycles. The first-order valence-corrected chi connectivity index (χ1v) is 15.5. The zero-order chi connectivity index (χ0) is 29.5. The molecule has 0 aliphatic heterocycles. The van der Waals surface area contributed by atoms with Gasteiger partial charge in [0.25, 0.3) is 0 Å². The molecule has 0 atom stereocenters. The minimum absolute atomic E-state index is 0.930. The van der Waals surface area contributed by atoms with E-state index in [4.69, 9.17) is 4.42 Å². The lowest BCUT2D eigenvalue weighted by Gasteiger charge is -2.18. The van der Waals surface area contributed by atoms with Crippen molar-refractivity contribution in [2.75, 3.05) is 0 Å². The molecule has 0 radical (unpaired) electrons. The maximum Gasteiger partial charge on any atom is 0.136 e. The molecule has 10 rings (SSSR count). The van der Waals surface area contributed by atoms with Gasteiger partial charge in [-0.05, 0) is 107 Å². The van der Waals surface area contributed by atoms with Crippen LogP contribution in [0.25, 0.3) is 98.4 Å². The molecule has 10 aromatic rings. The Hall–Kier alpha value is -5.92. The quantitative estimate of drug-likeness (QED) is 0.152. The van der Waals surface area contributed by atoms with Gasteiger partial charge >= 0.3 is 0 Å². The summed E-state index contributed by atoms with van der Waals surface area (Å²) >= 11 is 0. The van der Waals surface area contributed by atoms with Gasteiger partial charge in [0.15, 0.2) is 0 Å². The molecule has 1 heteroatoms. The Labute approximate surface area is 259 Å². The molecular weight excluding hydrogens is 544 g/mol. The van der Waals surface area contributed by atoms with E-state index in [-0.39, 0.29) is 0 Å². The molecule has 45 heavy (non-hydrogen) atoms. The highest BCUT2D eigenvalue weighted by Crippen LogP contribution is 2.48. The number of hydrogen-bond acceptors (Lipinski definition) is 1. The summed E-state index contributed by atoms with van der Waals surface area (Å²) in [7, 11) is 0. The molecule has 1 nitrogen and oxygen atoms in total. The van der Waals surface area contributed by atoms with Gasteiger partial charge in [0.1, 0.15) is 11.2 Å². The van der Waals surface area contributed by atoms with Crippen LogP contribution in [0.4, 0.5) is 0 Å². The van der Waals surface area contributed by atoms with Crippen molar-refractivity contribution in [3.8, 4) is 33.4 Å². The molecule has 0 saturated carbocycles. The minimum Gasteiger partial charge on any atom is -0.456 e. The Kier molecular flexibility index (Phi) is 5.06. The van der Waals surface area contributed by atoms with Crippen LogP contribution in [-0.2, 0) is 0 Å². The Balaban J connectivity index is 1.25. The van der Waals surface area contributed by atoms with E-state index in [1.807, 2.05) is 0 Å². The smallest absolute Gasteiger partial charge is 0.136 e. The van der Waals surface area contributed by atoms with E-state index in [0.717, 1.165) is 11.2 Å². The van der Waals surface area contributed by atoms with Crippen molar-refractivity contribution in [3.63, 3.8) is 0 Å². The summed E-state index contributed by atoms with van der Waals surface area (Å²) in [5.74, 6) is 0. The van der Waals surface area contributed by atoms with E-state index >= 15 is 0 Å². The Morgan fingerprint density at radius 3 is 1.69 bits per heavy atom. The topological polar surface area (TPSA) is 13.1 Å². The Bertz CT molecular complexity index is 2690. The molecule has 0 aliphatic carbocycles. The molecule has 0 bridgehead atoms. The highest BCUT2D eigenvalue weighted by atomic mass is 16.3. The predicted molar refractivity (Wildman–Crippen MR) is 191 cm³/mol. The van der Waals surface area contributed by atoms with Gasteiger partial charge in [-0.1, -0.05) is 127 Å². The molecular formula is C44H26O. The van der Waals surface area contributed by atoms with Crippen LogP contribution in [0, 0.1) is 0 Å². The third kappa shape index (κ3) is 3.56. The van der Waals surface area contributed by atoms with Crippen LogP contribution < -0.4 is 0 Å². The van der Waals surface area contributed by atoms with Crippen molar-refractivity contribution in [2.45, 2.75) is 0 Å². The summed E-state index contributed by atoms with van der Waals surface area (Å²) in [6.07, 6.45) is 0. The zero-order valence-electron chi connectivity index (χ0n) is 24.4. The molecule has 208 valence electrons. The Morgan fingerprint density at radius 1 is 0.311 bits per heavy atom. The third-order valence-corrected chi connectivity index (χ3v) is 9.59. The van der Waals surface area contributed by atoms with Crippen LogP contribution in [0.2, 0.25) is 0 Å². The van der Waals surface area contributed by atoms with Crippen molar-refractivity contribution >= 4 is 65.0 Å². The summed E-state index contributed by atoms with van der Waals surface area (Å²) in [6, 6.07) is 57.3. The SMILES string of the molecule is c1ccc(-c2c3ccccc3c(-c3ccc4oc5cc(-c6ccc7ccccc7c6)cc6ccc3c4c65)c3ccccc23)cc1. The number of hydrogen-bond donors (Lipinski definition) is 0. The fourth-order valence-corrected chi connectivity index (χ4v) is 7.61. The van der Waals surface area contributed by atoms with E-state index in [1.165, 1.54) is 87.2 Å². The van der Waals surface area contributed by atoms with Crippen LogP contribution in [0.1, 0.15) is 0 Å². The summed E-state index contributed by atoms with van der Waals surface area (Å²) in [6.45, 7) is 0. The summed E-state index contributed by atoms with van der Waals surface area (Å²) in [4.78, 5) is 0. The van der Waals surface area contributed by atoms with Crippen LogP contribution in [0.15, 0.2) is 162 Å². The zero-order valence-corrected chi connectivity index (χ0v) is 24.4. The van der Waals surface area contributed by atoms with Gasteiger partial charge in [-0.25, -0.2) is 0 Å². The number of furan rings is 1. The maximum absolute atomic E-state index is 6.61. The normalized spacial score (nSPS) is 12.0. The number of benzene rings is 9. The molecule has 0 saturated heterocycles. The lowest BCUT2D eigenvalue weighted by atomic mass is 9.84. The molecule has 1 aromatic heterocycles. The lowest BCUT2D eigenvalue weighted by molar-refractivity contribution is 0.669. The highest BCUT2D eigenvalue weighted by molar-refractivity contribution is 6.29. The molecule has 0 amide bonds. The fourth-order valence-electron chi connectivity index (χ4n) is 7.61. The largest absolute Gasteiger partial charge is 0.456 e. The van der Waals surface area contributed by atoms with Gasteiger partial charge in [0, 0.05) is 10.8 Å². The molecule has 1 heterocycles. The van der Waals surface area contributed by atoms with Crippen LogP contribution in [0.5, 0.6) is 0 Å². The summed E-state index contributed by atoms with van der Waals surface area (Å²) in [5, 5.41) is 12.4. The van der Waals surface area contributed by atoms with Crippen LogP contribution >= 0.6 is 0 Å². The van der Waals surface area contributed by atoms with E-state index in [9.17, 15) is 0 Å². The number of rotatable bonds is 3. The fraction of sp³-hybridized carbons (Fsp3) is 0. The molecule has 0 spiro atoms. The van der Waals surface area contributed by atoms with Gasteiger partial charge in [-0.3, -0.25) is 0 Å². The van der Waals surface area contributed by atoms with Crippen molar-refractivity contribution in [1.82, 2.24) is 0 Å². The first kappa shape index (κ1) is 24.5. The summed E-state index contributed by atoms with van der Waals surface area (Å²) in [5.41, 5.74) is 9.26. The molecule has 0 fully saturated rings. The van der Waals surface area contributed by atoms with Crippen molar-refractivity contribution in [2.24, 2.45) is 0 Å². The standard InChI is InChI=1S/C44H26O/c1-2-11-28(12-3-1)41-33-14-6-8-16-35(33)43(36-17-9-7-15-34(36)41)37-22-23-39-44-38(37)21-20-31-25-32(26-40(45-39)42(31)44)30-19-18-27-10-4-5-13-29(27)24-30/h1-26H. The van der Waals surface area contributed by atoms with E-state index in [2.05, 4.69) is 158 Å². The predicted octanol–water partition coefficient (Wildman–Crippen LogP) is 12.6. The average molecular weight is 571 g/mol. The van der Waals surface area contributed by atoms with Gasteiger partial charge in [-0.2, -0.15) is 0 Å². The minimum atomic E-state index is 0.930. The van der Waals surface area contributed by atoms with Crippen LogP contribution in [-0.4, -0.2) is 0 Å². The third-order valence-electron chi connectivity index (χ3n) is 9.59. The first-order valence-electron chi connectivity index (χ1n) is 15.5. The maximum atomic E-state index is 6.61. The second kappa shape index (κ2) is 9.29. The van der Waals surface area contributed by atoms with Crippen molar-refractivity contribution in [1.29, 1.82) is 0 Å². The number of fused-ring (bicyclic) bond motifs is 3. The Morgan fingerprint density at radius 2 is 0.933 bits per heavy atom. The average Bonchev–Trinajstić information content (AvgIpc) is 3.49. The second-order valence-corrected chi connectivity index (χ2v) is 12.0. The van der Waals surface area contributed by atoms with Gasteiger partial charge in [0.05, 0.1) is 0 Å². The molecule has 0 aliphatic rings. The first-order chi connectivity index (χ1) is 22.3. The van der Waals surface area contributed by atoms with Gasteiger partial charge in [-0.15, -0.1) is 0 Å². The van der Waals surface area contributed by atoms with Crippen molar-refractivity contribution < 1.29 is 4.42 Å². The van der Waals surface area contributed by atoms with Crippen LogP contribution in [0.3, 0.4) is 0 Å². The lowest BCUT2D eigenvalue weighted by Crippen LogP contribution is -1.91. The van der Waals surface area contributed by atoms with Gasteiger partial charge in [0.2, 0.25) is 0 Å². The van der Waals surface area contributed by atoms with E-state index in [1.54, 1.807) is 0 Å². The van der Waals surface area contributed by atoms with Gasteiger partial charge < -0.3 is 4.42 Å². The van der Waals surface area contributed by atoms with Crippen molar-refractivity contribution in [3.05, 3.63) is 158 Å². The summed E-state index contributed by atoms with van der Waals surface area (Å²) < 4.78 is 6.61. The molecule has 0 unspecified atom stereocenters.